The van der Waals surface area contributed by atoms with Crippen molar-refractivity contribution in [1.82, 2.24) is 4.90 Å². The van der Waals surface area contributed by atoms with E-state index in [0.717, 1.165) is 0 Å². The summed E-state index contributed by atoms with van der Waals surface area (Å²) in [6.07, 6.45) is 0. The van der Waals surface area contributed by atoms with Crippen molar-refractivity contribution in [2.24, 2.45) is 0 Å². The number of rotatable bonds is 5. The Hall–Kier alpha value is -0.920. The molecule has 0 atom stereocenters. The van der Waals surface area contributed by atoms with Gasteiger partial charge >= 0.3 is 0 Å². The Morgan fingerprint density at radius 2 is 2.33 bits per heavy atom. The van der Waals surface area contributed by atoms with Crippen LogP contribution in [0.4, 0.5) is 5.69 Å². The SMILES string of the molecule is CCOc1c(Br)cc(Cl)cc1NC(=O)CN1CSCC1=O. The standard InChI is InChI=1S/C13H14BrClN2O3S/c1-2-20-13-9(14)3-8(15)4-10(13)16-11(18)5-17-7-21-6-12(17)19/h3-4H,2,5-7H2,1H3,(H,16,18). The Balaban J connectivity index is 2.10. The van der Waals surface area contributed by atoms with E-state index < -0.39 is 0 Å². The normalized spacial score (nSPS) is 14.4. The number of carbonyl (C=O) groups is 2. The topological polar surface area (TPSA) is 58.6 Å². The predicted molar refractivity (Wildman–Crippen MR) is 88.0 cm³/mol. The molecule has 0 aromatic heterocycles. The first kappa shape index (κ1) is 16.5. The highest BCUT2D eigenvalue weighted by Crippen LogP contribution is 2.36. The Morgan fingerprint density at radius 1 is 1.57 bits per heavy atom. The van der Waals surface area contributed by atoms with Crippen LogP contribution in [0.5, 0.6) is 5.75 Å². The fourth-order valence-electron chi connectivity index (χ4n) is 1.85. The van der Waals surface area contributed by atoms with Crippen molar-refractivity contribution in [2.75, 3.05) is 30.1 Å². The van der Waals surface area contributed by atoms with Gasteiger partial charge in [-0.05, 0) is 35.0 Å². The number of carbonyl (C=O) groups excluding carboxylic acids is 2. The fraction of sp³-hybridized carbons (Fsp3) is 0.385. The molecule has 0 radical (unpaired) electrons. The summed E-state index contributed by atoms with van der Waals surface area (Å²) >= 11 is 10.9. The summed E-state index contributed by atoms with van der Waals surface area (Å²) in [6, 6.07) is 3.32. The molecule has 1 N–H and O–H groups in total. The molecule has 5 nitrogen and oxygen atoms in total. The number of halogens is 2. The smallest absolute Gasteiger partial charge is 0.244 e. The van der Waals surface area contributed by atoms with Crippen molar-refractivity contribution in [2.45, 2.75) is 6.92 Å². The van der Waals surface area contributed by atoms with Crippen molar-refractivity contribution >= 4 is 56.8 Å². The molecule has 0 bridgehead atoms. The third kappa shape index (κ3) is 4.28. The first-order chi connectivity index (χ1) is 10.0. The lowest BCUT2D eigenvalue weighted by molar-refractivity contribution is -0.130. The Labute approximate surface area is 140 Å². The van der Waals surface area contributed by atoms with Gasteiger partial charge in [0.15, 0.2) is 5.75 Å². The van der Waals surface area contributed by atoms with E-state index in [0.29, 0.717) is 39.2 Å². The van der Waals surface area contributed by atoms with Gasteiger partial charge < -0.3 is 15.0 Å². The molecule has 0 unspecified atom stereocenters. The summed E-state index contributed by atoms with van der Waals surface area (Å²) < 4.78 is 6.18. The van der Waals surface area contributed by atoms with Crippen LogP contribution in [0.1, 0.15) is 6.92 Å². The molecule has 21 heavy (non-hydrogen) atoms. The Kier molecular flexibility index (Phi) is 5.78. The molecule has 0 aliphatic carbocycles. The number of nitrogens with zero attached hydrogens (tertiary/aromatic N) is 1. The van der Waals surface area contributed by atoms with Gasteiger partial charge in [0.05, 0.1) is 28.4 Å². The van der Waals surface area contributed by atoms with E-state index in [1.807, 2.05) is 6.92 Å². The summed E-state index contributed by atoms with van der Waals surface area (Å²) in [4.78, 5) is 25.1. The second-order valence-electron chi connectivity index (χ2n) is 4.31. The number of hydrogen-bond acceptors (Lipinski definition) is 4. The highest BCUT2D eigenvalue weighted by Gasteiger charge is 2.23. The quantitative estimate of drug-likeness (QED) is 0.835. The van der Waals surface area contributed by atoms with Gasteiger partial charge in [0.25, 0.3) is 0 Å². The van der Waals surface area contributed by atoms with Gasteiger partial charge in [-0.1, -0.05) is 11.6 Å². The molecule has 1 fully saturated rings. The van der Waals surface area contributed by atoms with Crippen LogP contribution in [0.15, 0.2) is 16.6 Å². The van der Waals surface area contributed by atoms with Crippen molar-refractivity contribution in [3.8, 4) is 5.75 Å². The van der Waals surface area contributed by atoms with Gasteiger partial charge in [-0.25, -0.2) is 0 Å². The summed E-state index contributed by atoms with van der Waals surface area (Å²) in [5, 5.41) is 3.22. The van der Waals surface area contributed by atoms with Crippen LogP contribution in [0.3, 0.4) is 0 Å². The molecular formula is C13H14BrClN2O3S. The third-order valence-corrected chi connectivity index (χ3v) is 4.48. The zero-order valence-electron chi connectivity index (χ0n) is 11.3. The summed E-state index contributed by atoms with van der Waals surface area (Å²) in [5.41, 5.74) is 0.487. The van der Waals surface area contributed by atoms with Crippen molar-refractivity contribution in [3.05, 3.63) is 21.6 Å². The van der Waals surface area contributed by atoms with E-state index in [-0.39, 0.29) is 18.4 Å². The monoisotopic (exact) mass is 392 g/mol. The molecule has 1 heterocycles. The average Bonchev–Trinajstić information content (AvgIpc) is 2.79. The molecule has 8 heteroatoms. The molecule has 1 aromatic carbocycles. The lowest BCUT2D eigenvalue weighted by Crippen LogP contribution is -2.34. The molecule has 1 aliphatic heterocycles. The number of anilines is 1. The zero-order valence-corrected chi connectivity index (χ0v) is 14.5. The predicted octanol–water partition coefficient (Wildman–Crippen LogP) is 2.97. The second-order valence-corrected chi connectivity index (χ2v) is 6.56. The van der Waals surface area contributed by atoms with Gasteiger partial charge in [-0.2, -0.15) is 0 Å². The minimum absolute atomic E-state index is 0.0209. The molecule has 2 amide bonds. The van der Waals surface area contributed by atoms with Crippen LogP contribution >= 0.6 is 39.3 Å². The van der Waals surface area contributed by atoms with Crippen LogP contribution in [-0.2, 0) is 9.59 Å². The fourth-order valence-corrected chi connectivity index (χ4v) is 3.68. The van der Waals surface area contributed by atoms with Crippen LogP contribution in [0, 0.1) is 0 Å². The first-order valence-electron chi connectivity index (χ1n) is 6.28. The van der Waals surface area contributed by atoms with Gasteiger partial charge in [-0.3, -0.25) is 9.59 Å². The minimum Gasteiger partial charge on any atom is -0.491 e. The Bertz CT molecular complexity index is 571. The number of thioether (sulfide) groups is 1. The molecule has 1 aromatic rings. The summed E-state index contributed by atoms with van der Waals surface area (Å²) in [6.45, 7) is 2.35. The van der Waals surface area contributed by atoms with E-state index in [9.17, 15) is 9.59 Å². The number of amides is 2. The van der Waals surface area contributed by atoms with E-state index in [4.69, 9.17) is 16.3 Å². The van der Waals surface area contributed by atoms with Crippen molar-refractivity contribution < 1.29 is 14.3 Å². The molecule has 1 aliphatic rings. The van der Waals surface area contributed by atoms with Crippen molar-refractivity contribution in [3.63, 3.8) is 0 Å². The summed E-state index contributed by atoms with van der Waals surface area (Å²) in [5.74, 6) is 1.20. The van der Waals surface area contributed by atoms with Gasteiger partial charge in [0.1, 0.15) is 6.54 Å². The van der Waals surface area contributed by atoms with E-state index in [1.54, 1.807) is 12.1 Å². The molecule has 1 saturated heterocycles. The second kappa shape index (κ2) is 7.38. The first-order valence-corrected chi connectivity index (χ1v) is 8.61. The van der Waals surface area contributed by atoms with E-state index in [2.05, 4.69) is 21.2 Å². The lowest BCUT2D eigenvalue weighted by atomic mass is 10.3. The van der Waals surface area contributed by atoms with Gasteiger partial charge in [0.2, 0.25) is 11.8 Å². The van der Waals surface area contributed by atoms with Gasteiger partial charge in [0, 0.05) is 5.02 Å². The molecular weight excluding hydrogens is 380 g/mol. The zero-order chi connectivity index (χ0) is 15.4. The van der Waals surface area contributed by atoms with Crippen LogP contribution in [0.2, 0.25) is 5.02 Å². The lowest BCUT2D eigenvalue weighted by Gasteiger charge is -2.17. The molecule has 0 spiro atoms. The molecule has 0 saturated carbocycles. The summed E-state index contributed by atoms with van der Waals surface area (Å²) in [7, 11) is 0. The maximum Gasteiger partial charge on any atom is 0.244 e. The number of hydrogen-bond donors (Lipinski definition) is 1. The molecule has 114 valence electrons. The van der Waals surface area contributed by atoms with E-state index in [1.165, 1.54) is 16.7 Å². The number of nitrogens with one attached hydrogen (secondary N) is 1. The highest BCUT2D eigenvalue weighted by atomic mass is 79.9. The minimum atomic E-state index is -0.277. The van der Waals surface area contributed by atoms with Crippen LogP contribution in [-0.4, -0.2) is 41.5 Å². The maximum atomic E-state index is 12.1. The highest BCUT2D eigenvalue weighted by molar-refractivity contribution is 9.10. The average molecular weight is 394 g/mol. The van der Waals surface area contributed by atoms with E-state index >= 15 is 0 Å². The van der Waals surface area contributed by atoms with Gasteiger partial charge in [-0.15, -0.1) is 11.8 Å². The Morgan fingerprint density at radius 3 is 2.95 bits per heavy atom. The maximum absolute atomic E-state index is 12.1. The number of ether oxygens (including phenoxy) is 1. The van der Waals surface area contributed by atoms with Crippen LogP contribution in [0.25, 0.3) is 0 Å². The third-order valence-electron chi connectivity index (χ3n) is 2.73. The largest absolute Gasteiger partial charge is 0.491 e. The molecule has 2 rings (SSSR count). The number of benzene rings is 1. The van der Waals surface area contributed by atoms with Crippen LogP contribution < -0.4 is 10.1 Å². The van der Waals surface area contributed by atoms with Crippen molar-refractivity contribution in [1.29, 1.82) is 0 Å².